The fourth-order valence-corrected chi connectivity index (χ4v) is 4.06. The number of ether oxygens (including phenoxy) is 1. The second-order valence-corrected chi connectivity index (χ2v) is 8.73. The number of nitro groups is 1. The van der Waals surface area contributed by atoms with Crippen LogP contribution in [0.25, 0.3) is 0 Å². The highest BCUT2D eigenvalue weighted by Crippen LogP contribution is 2.40. The number of nitrogens with one attached hydrogen (secondary N) is 2. The van der Waals surface area contributed by atoms with Gasteiger partial charge in [-0.1, -0.05) is 0 Å². The third-order valence-electron chi connectivity index (χ3n) is 4.58. The average Bonchev–Trinajstić information content (AvgIpc) is 3.06. The molecule has 2 aromatic rings. The number of alkyl halides is 3. The van der Waals surface area contributed by atoms with Crippen molar-refractivity contribution >= 4 is 21.4 Å². The number of hydrogen-bond acceptors (Lipinski definition) is 6. The normalized spacial score (nSPS) is 19.5. The van der Waals surface area contributed by atoms with Crippen LogP contribution in [0.1, 0.15) is 18.9 Å². The van der Waals surface area contributed by atoms with E-state index in [-0.39, 0.29) is 16.3 Å². The zero-order chi connectivity index (χ0) is 22.2. The average molecular weight is 445 g/mol. The fraction of sp³-hybridized carbons (Fsp3) is 0.333. The maximum absolute atomic E-state index is 13.4. The molecule has 162 valence electrons. The third kappa shape index (κ3) is 4.82. The van der Waals surface area contributed by atoms with E-state index < -0.39 is 38.0 Å². The first-order valence-corrected chi connectivity index (χ1v) is 10.3. The molecule has 3 rings (SSSR count). The monoisotopic (exact) mass is 445 g/mol. The van der Waals surface area contributed by atoms with Crippen molar-refractivity contribution in [3.8, 4) is 5.75 Å². The van der Waals surface area contributed by atoms with E-state index in [9.17, 15) is 31.7 Å². The van der Waals surface area contributed by atoms with E-state index >= 15 is 0 Å². The summed E-state index contributed by atoms with van der Waals surface area (Å²) < 4.78 is 73.1. The summed E-state index contributed by atoms with van der Waals surface area (Å²) in [5.74, 6) is -0.488. The van der Waals surface area contributed by atoms with Gasteiger partial charge in [0.15, 0.2) is 0 Å². The molecule has 1 aliphatic rings. The molecule has 0 unspecified atom stereocenters. The predicted octanol–water partition coefficient (Wildman–Crippen LogP) is 3.55. The highest BCUT2D eigenvalue weighted by molar-refractivity contribution is 7.92. The molecule has 1 atom stereocenters. The molecule has 2 aromatic carbocycles. The Labute approximate surface area is 170 Å². The molecule has 1 saturated heterocycles. The summed E-state index contributed by atoms with van der Waals surface area (Å²) in [6, 6.07) is 6.81. The Kier molecular flexibility index (Phi) is 5.65. The first-order chi connectivity index (χ1) is 13.9. The number of benzene rings is 2. The molecule has 0 saturated carbocycles. The molecule has 8 nitrogen and oxygen atoms in total. The van der Waals surface area contributed by atoms with Gasteiger partial charge >= 0.3 is 6.18 Å². The summed E-state index contributed by atoms with van der Waals surface area (Å²) in [7, 11) is -4.19. The van der Waals surface area contributed by atoms with Crippen molar-refractivity contribution < 1.29 is 31.2 Å². The largest absolute Gasteiger partial charge is 0.485 e. The highest BCUT2D eigenvalue weighted by Gasteiger charge is 2.38. The lowest BCUT2D eigenvalue weighted by Gasteiger charge is -2.27. The van der Waals surface area contributed by atoms with Crippen molar-refractivity contribution in [3.63, 3.8) is 0 Å². The van der Waals surface area contributed by atoms with Gasteiger partial charge in [0.1, 0.15) is 11.4 Å². The van der Waals surface area contributed by atoms with Gasteiger partial charge in [0.05, 0.1) is 21.1 Å². The van der Waals surface area contributed by atoms with E-state index in [2.05, 4.69) is 10.0 Å². The van der Waals surface area contributed by atoms with E-state index in [4.69, 9.17) is 4.74 Å². The van der Waals surface area contributed by atoms with Crippen LogP contribution in [0, 0.1) is 10.1 Å². The number of hydrogen-bond donors (Lipinski definition) is 2. The van der Waals surface area contributed by atoms with Crippen molar-refractivity contribution in [2.45, 2.75) is 30.0 Å². The zero-order valence-electron chi connectivity index (χ0n) is 15.7. The fourth-order valence-electron chi connectivity index (χ4n) is 3.01. The molecule has 0 spiro atoms. The van der Waals surface area contributed by atoms with Crippen LogP contribution in [0.15, 0.2) is 47.4 Å². The van der Waals surface area contributed by atoms with E-state index in [0.717, 1.165) is 42.5 Å². The molecule has 30 heavy (non-hydrogen) atoms. The predicted molar refractivity (Wildman–Crippen MR) is 102 cm³/mol. The molecule has 1 heterocycles. The van der Waals surface area contributed by atoms with E-state index in [1.807, 2.05) is 0 Å². The molecule has 0 aliphatic carbocycles. The van der Waals surface area contributed by atoms with Crippen LogP contribution in [0.4, 0.5) is 24.5 Å². The standard InChI is InChI=1S/C18H18F3N3O5S/c1-17(8-9-22-11-17)29-16-10-12(2-7-15(16)18(19,20)21)23-30(27,28)14-5-3-13(4-6-14)24(25)26/h2-7,10,22-23H,8-9,11H2,1H3/t17-/m1/s1. The number of rotatable bonds is 6. The molecule has 0 radical (unpaired) electrons. The molecule has 2 N–H and O–H groups in total. The summed E-state index contributed by atoms with van der Waals surface area (Å²) in [4.78, 5) is 9.75. The molecule has 0 aromatic heterocycles. The topological polar surface area (TPSA) is 111 Å². The second kappa shape index (κ2) is 7.76. The Hall–Kier alpha value is -2.86. The van der Waals surface area contributed by atoms with Gasteiger partial charge in [0.2, 0.25) is 0 Å². The first kappa shape index (κ1) is 21.8. The highest BCUT2D eigenvalue weighted by atomic mass is 32.2. The van der Waals surface area contributed by atoms with Crippen LogP contribution < -0.4 is 14.8 Å². The number of halogens is 3. The van der Waals surface area contributed by atoms with Crippen LogP contribution in [-0.2, 0) is 16.2 Å². The van der Waals surface area contributed by atoms with Gasteiger partial charge in [-0.05, 0) is 37.7 Å². The van der Waals surface area contributed by atoms with E-state index in [0.29, 0.717) is 19.5 Å². The molecule has 1 aliphatic heterocycles. The maximum atomic E-state index is 13.4. The molecule has 1 fully saturated rings. The Morgan fingerprint density at radius 3 is 2.40 bits per heavy atom. The van der Waals surface area contributed by atoms with Gasteiger partial charge in [-0.15, -0.1) is 0 Å². The molecular formula is C18H18F3N3O5S. The van der Waals surface area contributed by atoms with Gasteiger partial charge in [-0.2, -0.15) is 13.2 Å². The number of anilines is 1. The zero-order valence-corrected chi connectivity index (χ0v) is 16.5. The van der Waals surface area contributed by atoms with Gasteiger partial charge in [0, 0.05) is 31.2 Å². The van der Waals surface area contributed by atoms with Gasteiger partial charge in [0.25, 0.3) is 15.7 Å². The van der Waals surface area contributed by atoms with Crippen LogP contribution in [0.5, 0.6) is 5.75 Å². The minimum absolute atomic E-state index is 0.133. The van der Waals surface area contributed by atoms with Crippen LogP contribution >= 0.6 is 0 Å². The van der Waals surface area contributed by atoms with E-state index in [1.54, 1.807) is 6.92 Å². The van der Waals surface area contributed by atoms with Gasteiger partial charge in [-0.25, -0.2) is 8.42 Å². The minimum atomic E-state index is -4.69. The summed E-state index contributed by atoms with van der Waals surface area (Å²) >= 11 is 0. The lowest BCUT2D eigenvalue weighted by atomic mass is 10.1. The van der Waals surface area contributed by atoms with Gasteiger partial charge < -0.3 is 10.1 Å². The quantitative estimate of drug-likeness (QED) is 0.520. The SMILES string of the molecule is C[C@@]1(Oc2cc(NS(=O)(=O)c3ccc([N+](=O)[O-])cc3)ccc2C(F)(F)F)CCNC1. The number of non-ortho nitro benzene ring substituents is 1. The minimum Gasteiger partial charge on any atom is -0.485 e. The smallest absolute Gasteiger partial charge is 0.419 e. The Balaban J connectivity index is 1.92. The summed E-state index contributed by atoms with van der Waals surface area (Å²) in [6.07, 6.45) is -4.20. The molecule has 0 amide bonds. The van der Waals surface area contributed by atoms with E-state index in [1.165, 1.54) is 0 Å². The van der Waals surface area contributed by atoms with Gasteiger partial charge in [-0.3, -0.25) is 14.8 Å². The van der Waals surface area contributed by atoms with Crippen LogP contribution in [0.2, 0.25) is 0 Å². The van der Waals surface area contributed by atoms with Crippen LogP contribution in [0.3, 0.4) is 0 Å². The summed E-state index contributed by atoms with van der Waals surface area (Å²) in [6.45, 7) is 2.61. The Bertz CT molecular complexity index is 1050. The summed E-state index contributed by atoms with van der Waals surface area (Å²) in [5.41, 5.74) is -2.31. The first-order valence-electron chi connectivity index (χ1n) is 8.78. The Morgan fingerprint density at radius 1 is 1.20 bits per heavy atom. The molecular weight excluding hydrogens is 427 g/mol. The number of sulfonamides is 1. The maximum Gasteiger partial charge on any atom is 0.419 e. The Morgan fingerprint density at radius 2 is 1.87 bits per heavy atom. The van der Waals surface area contributed by atoms with Crippen molar-refractivity contribution in [2.24, 2.45) is 0 Å². The molecule has 0 bridgehead atoms. The summed E-state index contributed by atoms with van der Waals surface area (Å²) in [5, 5.41) is 13.7. The van der Waals surface area contributed by atoms with Crippen LogP contribution in [-0.4, -0.2) is 32.0 Å². The van der Waals surface area contributed by atoms with Crippen molar-refractivity contribution in [3.05, 3.63) is 58.1 Å². The lowest BCUT2D eigenvalue weighted by Crippen LogP contribution is -2.35. The lowest BCUT2D eigenvalue weighted by molar-refractivity contribution is -0.384. The molecule has 12 heteroatoms. The third-order valence-corrected chi connectivity index (χ3v) is 5.98. The van der Waals surface area contributed by atoms with Crippen molar-refractivity contribution in [1.29, 1.82) is 0 Å². The number of nitrogens with zero attached hydrogens (tertiary/aromatic N) is 1. The number of nitro benzene ring substituents is 1. The van der Waals surface area contributed by atoms with Crippen molar-refractivity contribution in [1.82, 2.24) is 5.32 Å². The second-order valence-electron chi connectivity index (χ2n) is 7.04. The van der Waals surface area contributed by atoms with Crippen molar-refractivity contribution in [2.75, 3.05) is 17.8 Å².